The van der Waals surface area contributed by atoms with Gasteiger partial charge in [-0.2, -0.15) is 0 Å². The van der Waals surface area contributed by atoms with Crippen molar-refractivity contribution >= 4 is 5.95 Å². The maximum absolute atomic E-state index is 9.27. The van der Waals surface area contributed by atoms with E-state index < -0.39 is 0 Å². The van der Waals surface area contributed by atoms with Gasteiger partial charge in [0.25, 0.3) is 0 Å². The molecule has 2 N–H and O–H groups in total. The standard InChI is InChI=1S/C9H15N3O/c1-3-8(13)6-11-9-10-5-4-7(2)12-9/h4-5,8,13H,3,6H2,1-2H3,(H,10,11,12)/t8-/m0/s1. The molecule has 0 saturated carbocycles. The van der Waals surface area contributed by atoms with Gasteiger partial charge in [0.1, 0.15) is 0 Å². The van der Waals surface area contributed by atoms with Gasteiger partial charge in [0, 0.05) is 18.4 Å². The molecule has 0 radical (unpaired) electrons. The van der Waals surface area contributed by atoms with Gasteiger partial charge in [0.05, 0.1) is 6.10 Å². The van der Waals surface area contributed by atoms with Crippen molar-refractivity contribution in [2.24, 2.45) is 0 Å². The molecule has 1 rings (SSSR count). The third kappa shape index (κ3) is 3.38. The summed E-state index contributed by atoms with van der Waals surface area (Å²) in [4.78, 5) is 8.16. The maximum Gasteiger partial charge on any atom is 0.222 e. The van der Waals surface area contributed by atoms with Crippen molar-refractivity contribution in [3.8, 4) is 0 Å². The van der Waals surface area contributed by atoms with Crippen molar-refractivity contribution in [1.29, 1.82) is 0 Å². The zero-order valence-electron chi connectivity index (χ0n) is 7.99. The second-order valence-electron chi connectivity index (χ2n) is 2.96. The maximum atomic E-state index is 9.27. The van der Waals surface area contributed by atoms with Crippen molar-refractivity contribution in [2.75, 3.05) is 11.9 Å². The summed E-state index contributed by atoms with van der Waals surface area (Å²) in [5, 5.41) is 12.2. The van der Waals surface area contributed by atoms with E-state index in [1.807, 2.05) is 19.9 Å². The number of nitrogens with zero attached hydrogens (tertiary/aromatic N) is 2. The minimum absolute atomic E-state index is 0.330. The molecule has 0 aliphatic carbocycles. The van der Waals surface area contributed by atoms with Gasteiger partial charge in [-0.05, 0) is 19.4 Å². The summed E-state index contributed by atoms with van der Waals surface area (Å²) < 4.78 is 0. The number of rotatable bonds is 4. The van der Waals surface area contributed by atoms with Crippen molar-refractivity contribution in [3.05, 3.63) is 18.0 Å². The second-order valence-corrected chi connectivity index (χ2v) is 2.96. The molecule has 1 heterocycles. The van der Waals surface area contributed by atoms with Crippen LogP contribution in [0, 0.1) is 6.92 Å². The van der Waals surface area contributed by atoms with Crippen LogP contribution in [0.1, 0.15) is 19.0 Å². The molecule has 4 nitrogen and oxygen atoms in total. The Morgan fingerprint density at radius 1 is 1.62 bits per heavy atom. The van der Waals surface area contributed by atoms with E-state index in [1.54, 1.807) is 6.20 Å². The van der Waals surface area contributed by atoms with Crippen molar-refractivity contribution < 1.29 is 5.11 Å². The Morgan fingerprint density at radius 2 is 2.38 bits per heavy atom. The number of aliphatic hydroxyl groups excluding tert-OH is 1. The summed E-state index contributed by atoms with van der Waals surface area (Å²) in [5.41, 5.74) is 0.920. The zero-order valence-corrected chi connectivity index (χ0v) is 7.99. The fourth-order valence-corrected chi connectivity index (χ4v) is 0.888. The Bertz CT molecular complexity index is 265. The number of aliphatic hydroxyl groups is 1. The Balaban J connectivity index is 2.45. The molecule has 0 spiro atoms. The van der Waals surface area contributed by atoms with Gasteiger partial charge in [-0.1, -0.05) is 6.92 Å². The minimum Gasteiger partial charge on any atom is -0.391 e. The van der Waals surface area contributed by atoms with E-state index in [0.717, 1.165) is 12.1 Å². The number of nitrogens with one attached hydrogen (secondary N) is 1. The third-order valence-electron chi connectivity index (χ3n) is 1.76. The van der Waals surface area contributed by atoms with E-state index in [0.29, 0.717) is 12.5 Å². The van der Waals surface area contributed by atoms with Gasteiger partial charge in [-0.15, -0.1) is 0 Å². The monoisotopic (exact) mass is 181 g/mol. The molecule has 4 heteroatoms. The second kappa shape index (κ2) is 4.77. The van der Waals surface area contributed by atoms with Crippen LogP contribution in [0.4, 0.5) is 5.95 Å². The van der Waals surface area contributed by atoms with Crippen LogP contribution >= 0.6 is 0 Å². The highest BCUT2D eigenvalue weighted by Gasteiger charge is 2.01. The molecule has 0 bridgehead atoms. The van der Waals surface area contributed by atoms with Crippen LogP contribution in [0.25, 0.3) is 0 Å². The Kier molecular flexibility index (Phi) is 3.64. The predicted molar refractivity (Wildman–Crippen MR) is 51.6 cm³/mol. The third-order valence-corrected chi connectivity index (χ3v) is 1.76. The summed E-state index contributed by atoms with van der Waals surface area (Å²) in [5.74, 6) is 0.576. The average Bonchev–Trinajstić information content (AvgIpc) is 2.14. The van der Waals surface area contributed by atoms with Crippen LogP contribution in [0.5, 0.6) is 0 Å². The molecular formula is C9H15N3O. The first-order chi connectivity index (χ1) is 6.22. The van der Waals surface area contributed by atoms with Crippen LogP contribution in [0.3, 0.4) is 0 Å². The topological polar surface area (TPSA) is 58.0 Å². The highest BCUT2D eigenvalue weighted by molar-refractivity contribution is 5.24. The summed E-state index contributed by atoms with van der Waals surface area (Å²) in [6, 6.07) is 1.83. The fourth-order valence-electron chi connectivity index (χ4n) is 0.888. The lowest BCUT2D eigenvalue weighted by Crippen LogP contribution is -2.19. The Morgan fingerprint density at radius 3 is 3.00 bits per heavy atom. The molecule has 0 fully saturated rings. The number of anilines is 1. The van der Waals surface area contributed by atoms with Crippen LogP contribution in [0.15, 0.2) is 12.3 Å². The SMILES string of the molecule is CC[C@H](O)CNc1nccc(C)n1. The van der Waals surface area contributed by atoms with Gasteiger partial charge in [-0.3, -0.25) is 0 Å². The van der Waals surface area contributed by atoms with Gasteiger partial charge in [-0.25, -0.2) is 9.97 Å². The molecule has 0 unspecified atom stereocenters. The van der Waals surface area contributed by atoms with Crippen molar-refractivity contribution in [2.45, 2.75) is 26.4 Å². The largest absolute Gasteiger partial charge is 0.391 e. The van der Waals surface area contributed by atoms with Gasteiger partial charge < -0.3 is 10.4 Å². The molecule has 1 aromatic heterocycles. The molecule has 0 saturated heterocycles. The van der Waals surface area contributed by atoms with Crippen LogP contribution in [-0.4, -0.2) is 27.7 Å². The van der Waals surface area contributed by atoms with E-state index in [-0.39, 0.29) is 6.10 Å². The number of hydrogen-bond donors (Lipinski definition) is 2. The van der Waals surface area contributed by atoms with E-state index >= 15 is 0 Å². The van der Waals surface area contributed by atoms with E-state index in [4.69, 9.17) is 0 Å². The number of hydrogen-bond acceptors (Lipinski definition) is 4. The summed E-state index contributed by atoms with van der Waals surface area (Å²) in [6.45, 7) is 4.34. The molecule has 0 amide bonds. The molecule has 0 aromatic carbocycles. The lowest BCUT2D eigenvalue weighted by atomic mass is 10.3. The van der Waals surface area contributed by atoms with Crippen molar-refractivity contribution in [3.63, 3.8) is 0 Å². The normalized spacial score (nSPS) is 12.5. The lowest BCUT2D eigenvalue weighted by Gasteiger charge is -2.08. The minimum atomic E-state index is -0.330. The molecule has 13 heavy (non-hydrogen) atoms. The fraction of sp³-hybridized carbons (Fsp3) is 0.556. The Labute approximate surface area is 78.0 Å². The zero-order chi connectivity index (χ0) is 9.68. The summed E-state index contributed by atoms with van der Waals surface area (Å²) in [6.07, 6.45) is 2.10. The quantitative estimate of drug-likeness (QED) is 0.726. The predicted octanol–water partition coefficient (Wildman–Crippen LogP) is 0.968. The lowest BCUT2D eigenvalue weighted by molar-refractivity contribution is 0.183. The summed E-state index contributed by atoms with van der Waals surface area (Å²) >= 11 is 0. The van der Waals surface area contributed by atoms with Gasteiger partial charge in [0.2, 0.25) is 5.95 Å². The highest BCUT2D eigenvalue weighted by Crippen LogP contribution is 1.99. The summed E-state index contributed by atoms with van der Waals surface area (Å²) in [7, 11) is 0. The van der Waals surface area contributed by atoms with Crippen LogP contribution in [-0.2, 0) is 0 Å². The van der Waals surface area contributed by atoms with E-state index in [2.05, 4.69) is 15.3 Å². The highest BCUT2D eigenvalue weighted by atomic mass is 16.3. The van der Waals surface area contributed by atoms with Crippen LogP contribution < -0.4 is 5.32 Å². The molecule has 72 valence electrons. The first-order valence-electron chi connectivity index (χ1n) is 4.44. The molecule has 1 aromatic rings. The molecule has 1 atom stereocenters. The van der Waals surface area contributed by atoms with E-state index in [9.17, 15) is 5.11 Å². The van der Waals surface area contributed by atoms with Crippen LogP contribution in [0.2, 0.25) is 0 Å². The van der Waals surface area contributed by atoms with Crippen molar-refractivity contribution in [1.82, 2.24) is 9.97 Å². The van der Waals surface area contributed by atoms with Gasteiger partial charge in [0.15, 0.2) is 0 Å². The first-order valence-corrected chi connectivity index (χ1v) is 4.44. The Hall–Kier alpha value is -1.16. The molecular weight excluding hydrogens is 166 g/mol. The average molecular weight is 181 g/mol. The number of aromatic nitrogens is 2. The molecule has 0 aliphatic heterocycles. The van der Waals surface area contributed by atoms with Gasteiger partial charge >= 0.3 is 0 Å². The first kappa shape index (κ1) is 9.92. The van der Waals surface area contributed by atoms with E-state index in [1.165, 1.54) is 0 Å². The number of aryl methyl sites for hydroxylation is 1. The smallest absolute Gasteiger partial charge is 0.222 e. The molecule has 0 aliphatic rings.